The van der Waals surface area contributed by atoms with Gasteiger partial charge in [0.2, 0.25) is 0 Å². The number of nitrogens with zero attached hydrogens (tertiary/aromatic N) is 3. The Morgan fingerprint density at radius 1 is 1.14 bits per heavy atom. The van der Waals surface area contributed by atoms with Gasteiger partial charge in [0.25, 0.3) is 0 Å². The summed E-state index contributed by atoms with van der Waals surface area (Å²) in [6.45, 7) is 1.69. The van der Waals surface area contributed by atoms with Crippen LogP contribution in [0.4, 0.5) is 13.2 Å². The summed E-state index contributed by atoms with van der Waals surface area (Å²) in [6, 6.07) is 4.69. The van der Waals surface area contributed by atoms with E-state index in [9.17, 15) is 22.8 Å². The van der Waals surface area contributed by atoms with Crippen LogP contribution in [0.25, 0.3) is 5.69 Å². The monoisotopic (exact) mass is 333 g/mol. The van der Waals surface area contributed by atoms with Gasteiger partial charge < -0.3 is 0 Å². The zero-order valence-electron chi connectivity index (χ0n) is 12.1. The second kappa shape index (κ2) is 5.71. The summed E-state index contributed by atoms with van der Waals surface area (Å²) in [5.74, 6) is -1.01. The number of thioether (sulfide) groups is 1. The molecule has 2 aromatic rings. The largest absolute Gasteiger partial charge is 0.398 e. The molecule has 0 atom stereocenters. The van der Waals surface area contributed by atoms with E-state index in [0.717, 1.165) is 13.9 Å². The highest BCUT2D eigenvalue weighted by Gasteiger charge is 2.27. The molecule has 120 valence electrons. The first-order valence-corrected chi connectivity index (χ1v) is 7.26. The smallest absolute Gasteiger partial charge is 0.246 e. The summed E-state index contributed by atoms with van der Waals surface area (Å²) < 4.78 is 40.2. The number of alkyl halides is 3. The van der Waals surface area contributed by atoms with Gasteiger partial charge in [-0.25, -0.2) is 18.8 Å². The predicted octanol–water partition coefficient (Wildman–Crippen LogP) is 1.84. The third kappa shape index (κ3) is 3.13. The van der Waals surface area contributed by atoms with Gasteiger partial charge in [0, 0.05) is 19.0 Å². The standard InChI is InChI=1S/C13H14F3N3O2S/c1-8-4-5-9(6-10(8)22-7-13(14,15)16)19-12(21)17(2)11(20)18(19)3/h4-6H,7H2,1-3H3. The van der Waals surface area contributed by atoms with Gasteiger partial charge in [0.15, 0.2) is 0 Å². The Morgan fingerprint density at radius 3 is 2.27 bits per heavy atom. The maximum absolute atomic E-state index is 12.4. The number of hydrogen-bond donors (Lipinski definition) is 0. The first-order chi connectivity index (χ1) is 10.1. The average molecular weight is 333 g/mol. The molecule has 0 saturated heterocycles. The van der Waals surface area contributed by atoms with Gasteiger partial charge in [-0.3, -0.25) is 0 Å². The maximum Gasteiger partial charge on any atom is 0.398 e. The van der Waals surface area contributed by atoms with Crippen molar-refractivity contribution in [1.82, 2.24) is 13.9 Å². The number of rotatable bonds is 3. The minimum Gasteiger partial charge on any atom is -0.246 e. The van der Waals surface area contributed by atoms with Gasteiger partial charge in [-0.05, 0) is 24.6 Å². The predicted molar refractivity (Wildman–Crippen MR) is 77.8 cm³/mol. The molecule has 0 bridgehead atoms. The molecule has 0 radical (unpaired) electrons. The minimum atomic E-state index is -4.27. The van der Waals surface area contributed by atoms with Crippen molar-refractivity contribution in [2.75, 3.05) is 5.75 Å². The fourth-order valence-electron chi connectivity index (χ4n) is 1.97. The van der Waals surface area contributed by atoms with Crippen LogP contribution in [0.3, 0.4) is 0 Å². The molecule has 9 heteroatoms. The van der Waals surface area contributed by atoms with Gasteiger partial charge in [-0.1, -0.05) is 6.07 Å². The molecule has 2 rings (SSSR count). The van der Waals surface area contributed by atoms with Crippen LogP contribution in [0, 0.1) is 6.92 Å². The molecule has 0 N–H and O–H groups in total. The Balaban J connectivity index is 2.49. The average Bonchev–Trinajstić information content (AvgIpc) is 2.62. The molecular formula is C13H14F3N3O2S. The summed E-state index contributed by atoms with van der Waals surface area (Å²) in [7, 11) is 2.76. The van der Waals surface area contributed by atoms with Crippen molar-refractivity contribution in [3.63, 3.8) is 0 Å². The van der Waals surface area contributed by atoms with E-state index in [4.69, 9.17) is 0 Å². The lowest BCUT2D eigenvalue weighted by molar-refractivity contribution is -0.105. The van der Waals surface area contributed by atoms with E-state index >= 15 is 0 Å². The lowest BCUT2D eigenvalue weighted by Gasteiger charge is -2.11. The van der Waals surface area contributed by atoms with Gasteiger partial charge >= 0.3 is 17.6 Å². The minimum absolute atomic E-state index is 0.348. The van der Waals surface area contributed by atoms with E-state index in [-0.39, 0.29) is 0 Å². The number of aryl methyl sites for hydroxylation is 1. The number of aromatic nitrogens is 3. The van der Waals surface area contributed by atoms with Crippen LogP contribution in [0.15, 0.2) is 32.7 Å². The first kappa shape index (κ1) is 16.5. The second-order valence-electron chi connectivity index (χ2n) is 4.81. The Hall–Kier alpha value is -1.90. The van der Waals surface area contributed by atoms with Crippen LogP contribution in [0.5, 0.6) is 0 Å². The van der Waals surface area contributed by atoms with Crippen LogP contribution in [0.2, 0.25) is 0 Å². The van der Waals surface area contributed by atoms with E-state index in [0.29, 0.717) is 27.9 Å². The van der Waals surface area contributed by atoms with Crippen LogP contribution in [-0.2, 0) is 14.1 Å². The van der Waals surface area contributed by atoms with Crippen molar-refractivity contribution >= 4 is 11.8 Å². The molecule has 0 saturated carbocycles. The zero-order valence-corrected chi connectivity index (χ0v) is 13.0. The van der Waals surface area contributed by atoms with Crippen LogP contribution < -0.4 is 11.4 Å². The Morgan fingerprint density at radius 2 is 1.77 bits per heavy atom. The number of hydrogen-bond acceptors (Lipinski definition) is 3. The topological polar surface area (TPSA) is 48.9 Å². The van der Waals surface area contributed by atoms with Gasteiger partial charge in [-0.2, -0.15) is 17.9 Å². The van der Waals surface area contributed by atoms with Crippen molar-refractivity contribution in [1.29, 1.82) is 0 Å². The molecule has 1 aromatic carbocycles. The Labute approximate surface area is 128 Å². The molecule has 1 aromatic heterocycles. The fourth-order valence-corrected chi connectivity index (χ4v) is 2.79. The molecule has 0 aliphatic heterocycles. The zero-order chi connectivity index (χ0) is 16.7. The van der Waals surface area contributed by atoms with Crippen LogP contribution in [0.1, 0.15) is 5.56 Å². The van der Waals surface area contributed by atoms with Crippen molar-refractivity contribution in [2.24, 2.45) is 14.1 Å². The van der Waals surface area contributed by atoms with Gasteiger partial charge in [0.1, 0.15) is 0 Å². The lowest BCUT2D eigenvalue weighted by atomic mass is 10.2. The first-order valence-electron chi connectivity index (χ1n) is 6.27. The third-order valence-corrected chi connectivity index (χ3v) is 4.36. The van der Waals surface area contributed by atoms with E-state index in [1.165, 1.54) is 20.2 Å². The van der Waals surface area contributed by atoms with Gasteiger partial charge in [-0.15, -0.1) is 11.8 Å². The molecule has 0 amide bonds. The molecule has 5 nitrogen and oxygen atoms in total. The fraction of sp³-hybridized carbons (Fsp3) is 0.385. The summed E-state index contributed by atoms with van der Waals surface area (Å²) in [6.07, 6.45) is -4.27. The van der Waals surface area contributed by atoms with Crippen LogP contribution >= 0.6 is 11.8 Å². The molecule has 0 aliphatic rings. The van der Waals surface area contributed by atoms with E-state index in [1.54, 1.807) is 19.1 Å². The highest BCUT2D eigenvalue weighted by atomic mass is 32.2. The SMILES string of the molecule is Cc1ccc(-n2c(=O)n(C)c(=O)n2C)cc1SCC(F)(F)F. The number of benzene rings is 1. The molecule has 0 spiro atoms. The van der Waals surface area contributed by atoms with E-state index < -0.39 is 23.3 Å². The maximum atomic E-state index is 12.4. The summed E-state index contributed by atoms with van der Waals surface area (Å²) in [5.41, 5.74) is -0.0364. The van der Waals surface area contributed by atoms with Crippen molar-refractivity contribution in [2.45, 2.75) is 18.0 Å². The molecule has 0 fully saturated rings. The second-order valence-corrected chi connectivity index (χ2v) is 5.83. The highest BCUT2D eigenvalue weighted by Crippen LogP contribution is 2.30. The lowest BCUT2D eigenvalue weighted by Crippen LogP contribution is -2.25. The van der Waals surface area contributed by atoms with Crippen molar-refractivity contribution in [3.05, 3.63) is 44.7 Å². The van der Waals surface area contributed by atoms with Crippen molar-refractivity contribution in [3.8, 4) is 5.69 Å². The Bertz CT molecular complexity index is 817. The van der Waals surface area contributed by atoms with Gasteiger partial charge in [0.05, 0.1) is 11.4 Å². The van der Waals surface area contributed by atoms with Crippen molar-refractivity contribution < 1.29 is 13.2 Å². The van der Waals surface area contributed by atoms with Crippen LogP contribution in [-0.4, -0.2) is 25.9 Å². The quantitative estimate of drug-likeness (QED) is 0.806. The highest BCUT2D eigenvalue weighted by molar-refractivity contribution is 7.99. The summed E-state index contributed by atoms with van der Waals surface area (Å²) >= 11 is 0.651. The number of halogens is 3. The molecule has 22 heavy (non-hydrogen) atoms. The summed E-state index contributed by atoms with van der Waals surface area (Å²) in [4.78, 5) is 24.2. The molecular weight excluding hydrogens is 319 g/mol. The molecule has 1 heterocycles. The Kier molecular flexibility index (Phi) is 4.28. The third-order valence-electron chi connectivity index (χ3n) is 3.14. The molecule has 0 unspecified atom stereocenters. The van der Waals surface area contributed by atoms with E-state index in [2.05, 4.69) is 0 Å². The van der Waals surface area contributed by atoms with E-state index in [1.807, 2.05) is 0 Å². The molecule has 0 aliphatic carbocycles. The summed E-state index contributed by atoms with van der Waals surface area (Å²) in [5, 5.41) is 0. The normalized spacial score (nSPS) is 11.9.